The van der Waals surface area contributed by atoms with Crippen LogP contribution >= 0.6 is 0 Å². The number of terminal acetylenes is 1. The van der Waals surface area contributed by atoms with Crippen molar-refractivity contribution in [1.82, 2.24) is 9.88 Å². The fraction of sp³-hybridized carbons (Fsp3) is 0.333. The normalized spacial score (nSPS) is 9.33. The summed E-state index contributed by atoms with van der Waals surface area (Å²) in [7, 11) is 1.72. The van der Waals surface area contributed by atoms with E-state index in [0.717, 1.165) is 12.0 Å². The zero-order valence-corrected chi connectivity index (χ0v) is 8.81. The van der Waals surface area contributed by atoms with E-state index in [1.807, 2.05) is 12.1 Å². The molecule has 78 valence electrons. The van der Waals surface area contributed by atoms with Crippen LogP contribution in [0.15, 0.2) is 24.5 Å². The van der Waals surface area contributed by atoms with E-state index < -0.39 is 0 Å². The average Bonchev–Trinajstić information content (AvgIpc) is 2.27. The minimum absolute atomic E-state index is 0.0739. The lowest BCUT2D eigenvalue weighted by molar-refractivity contribution is -0.129. The highest BCUT2D eigenvalue weighted by Gasteiger charge is 2.06. The number of rotatable bonds is 4. The highest BCUT2D eigenvalue weighted by Crippen LogP contribution is 2.02. The van der Waals surface area contributed by atoms with E-state index in [0.29, 0.717) is 13.0 Å². The van der Waals surface area contributed by atoms with E-state index in [1.165, 1.54) is 0 Å². The summed E-state index contributed by atoms with van der Waals surface area (Å²) in [5.41, 5.74) is 1.12. The van der Waals surface area contributed by atoms with Crippen molar-refractivity contribution in [1.29, 1.82) is 0 Å². The fourth-order valence-corrected chi connectivity index (χ4v) is 1.22. The summed E-state index contributed by atoms with van der Waals surface area (Å²) in [6.07, 6.45) is 9.80. The SMILES string of the molecule is C#CCN(C)C(=O)CCc1ccncc1. The van der Waals surface area contributed by atoms with Crippen LogP contribution in [-0.2, 0) is 11.2 Å². The third kappa shape index (κ3) is 3.82. The Hall–Kier alpha value is -1.82. The van der Waals surface area contributed by atoms with Crippen molar-refractivity contribution >= 4 is 5.91 Å². The van der Waals surface area contributed by atoms with Crippen LogP contribution < -0.4 is 0 Å². The van der Waals surface area contributed by atoms with Crippen LogP contribution in [0.3, 0.4) is 0 Å². The molecule has 0 aromatic carbocycles. The molecule has 0 aliphatic heterocycles. The molecule has 15 heavy (non-hydrogen) atoms. The van der Waals surface area contributed by atoms with Crippen molar-refractivity contribution in [2.75, 3.05) is 13.6 Å². The summed E-state index contributed by atoms with van der Waals surface area (Å²) < 4.78 is 0. The van der Waals surface area contributed by atoms with Gasteiger partial charge in [-0.2, -0.15) is 0 Å². The highest BCUT2D eigenvalue weighted by molar-refractivity contribution is 5.76. The maximum Gasteiger partial charge on any atom is 0.223 e. The van der Waals surface area contributed by atoms with Gasteiger partial charge in [0.2, 0.25) is 5.91 Å². The van der Waals surface area contributed by atoms with Crippen molar-refractivity contribution in [3.05, 3.63) is 30.1 Å². The number of hydrogen-bond acceptors (Lipinski definition) is 2. The number of hydrogen-bond donors (Lipinski definition) is 0. The molecule has 0 unspecified atom stereocenters. The molecule has 0 atom stereocenters. The van der Waals surface area contributed by atoms with Crippen LogP contribution in [0.2, 0.25) is 0 Å². The Morgan fingerprint density at radius 2 is 2.20 bits per heavy atom. The Bertz CT molecular complexity index is 354. The average molecular weight is 202 g/mol. The third-order valence-electron chi connectivity index (χ3n) is 2.13. The van der Waals surface area contributed by atoms with E-state index in [4.69, 9.17) is 6.42 Å². The number of carbonyl (C=O) groups excluding carboxylic acids is 1. The predicted molar refractivity (Wildman–Crippen MR) is 59.0 cm³/mol. The van der Waals surface area contributed by atoms with Crippen LogP contribution in [0.4, 0.5) is 0 Å². The number of amides is 1. The Balaban J connectivity index is 2.38. The van der Waals surface area contributed by atoms with Gasteiger partial charge in [0.25, 0.3) is 0 Å². The van der Waals surface area contributed by atoms with Gasteiger partial charge in [-0.05, 0) is 24.1 Å². The molecule has 0 radical (unpaired) electrons. The molecular weight excluding hydrogens is 188 g/mol. The molecule has 0 aliphatic carbocycles. The van der Waals surface area contributed by atoms with Gasteiger partial charge in [0.15, 0.2) is 0 Å². The smallest absolute Gasteiger partial charge is 0.223 e. The monoisotopic (exact) mass is 202 g/mol. The topological polar surface area (TPSA) is 33.2 Å². The van der Waals surface area contributed by atoms with Gasteiger partial charge in [0, 0.05) is 25.9 Å². The van der Waals surface area contributed by atoms with Crippen LogP contribution in [0.25, 0.3) is 0 Å². The first-order chi connectivity index (χ1) is 7.24. The minimum atomic E-state index is 0.0739. The lowest BCUT2D eigenvalue weighted by Crippen LogP contribution is -2.27. The van der Waals surface area contributed by atoms with E-state index in [-0.39, 0.29) is 5.91 Å². The maximum absolute atomic E-state index is 11.5. The second kappa shape index (κ2) is 5.82. The molecule has 1 heterocycles. The molecule has 3 heteroatoms. The molecule has 0 fully saturated rings. The molecule has 0 saturated heterocycles. The van der Waals surface area contributed by atoms with Crippen molar-refractivity contribution in [2.24, 2.45) is 0 Å². The van der Waals surface area contributed by atoms with Crippen LogP contribution in [0.5, 0.6) is 0 Å². The molecule has 0 N–H and O–H groups in total. The summed E-state index contributed by atoms with van der Waals surface area (Å²) in [6, 6.07) is 3.82. The van der Waals surface area contributed by atoms with E-state index in [9.17, 15) is 4.79 Å². The summed E-state index contributed by atoms with van der Waals surface area (Å²) in [5.74, 6) is 2.52. The Labute approximate surface area is 90.1 Å². The Morgan fingerprint density at radius 1 is 1.53 bits per heavy atom. The molecule has 0 aliphatic rings. The highest BCUT2D eigenvalue weighted by atomic mass is 16.2. The van der Waals surface area contributed by atoms with Gasteiger partial charge < -0.3 is 4.90 Å². The number of aromatic nitrogens is 1. The molecular formula is C12H14N2O. The summed E-state index contributed by atoms with van der Waals surface area (Å²) in [4.78, 5) is 17.0. The summed E-state index contributed by atoms with van der Waals surface area (Å²) in [6.45, 7) is 0.370. The maximum atomic E-state index is 11.5. The van der Waals surface area contributed by atoms with Crippen LogP contribution in [0, 0.1) is 12.3 Å². The van der Waals surface area contributed by atoms with E-state index >= 15 is 0 Å². The largest absolute Gasteiger partial charge is 0.335 e. The lowest BCUT2D eigenvalue weighted by Gasteiger charge is -2.13. The number of nitrogens with zero attached hydrogens (tertiary/aromatic N) is 2. The Kier molecular flexibility index (Phi) is 4.36. The lowest BCUT2D eigenvalue weighted by atomic mass is 10.1. The van der Waals surface area contributed by atoms with E-state index in [1.54, 1.807) is 24.3 Å². The van der Waals surface area contributed by atoms with Gasteiger partial charge in [-0.3, -0.25) is 9.78 Å². The second-order valence-electron chi connectivity index (χ2n) is 3.31. The number of aryl methyl sites for hydroxylation is 1. The second-order valence-corrected chi connectivity index (χ2v) is 3.31. The van der Waals surface area contributed by atoms with Crippen molar-refractivity contribution in [3.8, 4) is 12.3 Å². The van der Waals surface area contributed by atoms with Gasteiger partial charge in [0.05, 0.1) is 6.54 Å². The first-order valence-electron chi connectivity index (χ1n) is 4.80. The Morgan fingerprint density at radius 3 is 2.80 bits per heavy atom. The first-order valence-corrected chi connectivity index (χ1v) is 4.80. The molecule has 0 bridgehead atoms. The van der Waals surface area contributed by atoms with Gasteiger partial charge in [-0.25, -0.2) is 0 Å². The molecule has 1 aromatic heterocycles. The van der Waals surface area contributed by atoms with Crippen LogP contribution in [-0.4, -0.2) is 29.4 Å². The quantitative estimate of drug-likeness (QED) is 0.685. The molecule has 1 rings (SSSR count). The summed E-state index contributed by atoms with van der Waals surface area (Å²) >= 11 is 0. The first kappa shape index (κ1) is 11.3. The van der Waals surface area contributed by atoms with Gasteiger partial charge in [0.1, 0.15) is 0 Å². The van der Waals surface area contributed by atoms with Gasteiger partial charge in [-0.15, -0.1) is 6.42 Å². The standard InChI is InChI=1S/C12H14N2O/c1-3-10-14(2)12(15)5-4-11-6-8-13-9-7-11/h1,6-9H,4-5,10H2,2H3. The van der Waals surface area contributed by atoms with E-state index in [2.05, 4.69) is 10.9 Å². The third-order valence-corrected chi connectivity index (χ3v) is 2.13. The number of pyridine rings is 1. The molecule has 0 spiro atoms. The van der Waals surface area contributed by atoms with Gasteiger partial charge in [-0.1, -0.05) is 5.92 Å². The van der Waals surface area contributed by atoms with Crippen molar-refractivity contribution in [3.63, 3.8) is 0 Å². The zero-order chi connectivity index (χ0) is 11.1. The van der Waals surface area contributed by atoms with Crippen LogP contribution in [0.1, 0.15) is 12.0 Å². The fourth-order valence-electron chi connectivity index (χ4n) is 1.22. The van der Waals surface area contributed by atoms with Crippen molar-refractivity contribution < 1.29 is 4.79 Å². The molecule has 1 aromatic rings. The van der Waals surface area contributed by atoms with Gasteiger partial charge >= 0.3 is 0 Å². The molecule has 0 saturated carbocycles. The minimum Gasteiger partial charge on any atom is -0.335 e. The molecule has 3 nitrogen and oxygen atoms in total. The predicted octanol–water partition coefficient (Wildman–Crippen LogP) is 1.11. The summed E-state index contributed by atoms with van der Waals surface area (Å²) in [5, 5.41) is 0. The molecule has 1 amide bonds. The van der Waals surface area contributed by atoms with Crippen molar-refractivity contribution in [2.45, 2.75) is 12.8 Å². The number of carbonyl (C=O) groups is 1. The zero-order valence-electron chi connectivity index (χ0n) is 8.81.